The van der Waals surface area contributed by atoms with E-state index < -0.39 is 0 Å². The first kappa shape index (κ1) is 16.9. The molecule has 2 atom stereocenters. The van der Waals surface area contributed by atoms with Crippen molar-refractivity contribution in [2.24, 2.45) is 5.41 Å². The van der Waals surface area contributed by atoms with E-state index in [0.717, 1.165) is 13.1 Å². The van der Waals surface area contributed by atoms with Crippen LogP contribution in [0.2, 0.25) is 0 Å². The quantitative estimate of drug-likeness (QED) is 0.833. The molecule has 0 saturated carbocycles. The number of piperazine rings is 1. The van der Waals surface area contributed by atoms with E-state index in [2.05, 4.69) is 67.6 Å². The van der Waals surface area contributed by atoms with Gasteiger partial charge in [0, 0.05) is 25.2 Å². The summed E-state index contributed by atoms with van der Waals surface area (Å²) in [6.07, 6.45) is 3.49. The zero-order valence-electron chi connectivity index (χ0n) is 13.9. The summed E-state index contributed by atoms with van der Waals surface area (Å²) in [6, 6.07) is 12.0. The van der Waals surface area contributed by atoms with E-state index in [-0.39, 0.29) is 0 Å². The lowest BCUT2D eigenvalue weighted by atomic mass is 9.83. The third-order valence-electron chi connectivity index (χ3n) is 4.41. The van der Waals surface area contributed by atoms with E-state index >= 15 is 0 Å². The molecule has 1 saturated heterocycles. The van der Waals surface area contributed by atoms with E-state index in [1.807, 2.05) is 11.8 Å². The largest absolute Gasteiger partial charge is 0.307 e. The van der Waals surface area contributed by atoms with Gasteiger partial charge in [0.25, 0.3) is 0 Å². The van der Waals surface area contributed by atoms with Gasteiger partial charge >= 0.3 is 0 Å². The molecule has 0 aliphatic carbocycles. The average Bonchev–Trinajstić information content (AvgIpc) is 2.47. The Morgan fingerprint density at radius 1 is 1.24 bits per heavy atom. The van der Waals surface area contributed by atoms with Crippen molar-refractivity contribution in [2.75, 3.05) is 31.6 Å². The van der Waals surface area contributed by atoms with Gasteiger partial charge in [-0.2, -0.15) is 11.8 Å². The zero-order valence-corrected chi connectivity index (χ0v) is 14.7. The lowest BCUT2D eigenvalue weighted by Gasteiger charge is -2.46. The van der Waals surface area contributed by atoms with Crippen molar-refractivity contribution in [3.05, 3.63) is 35.9 Å². The van der Waals surface area contributed by atoms with Crippen molar-refractivity contribution in [3.63, 3.8) is 0 Å². The second-order valence-electron chi connectivity index (χ2n) is 7.09. The fraction of sp³-hybridized carbons (Fsp3) is 0.667. The van der Waals surface area contributed by atoms with E-state index in [1.165, 1.54) is 24.3 Å². The Labute approximate surface area is 134 Å². The fourth-order valence-electron chi connectivity index (χ4n) is 3.23. The molecule has 2 nitrogen and oxygen atoms in total. The maximum absolute atomic E-state index is 3.77. The monoisotopic (exact) mass is 306 g/mol. The van der Waals surface area contributed by atoms with E-state index in [0.29, 0.717) is 17.5 Å². The molecular formula is C18H30N2S. The van der Waals surface area contributed by atoms with Crippen molar-refractivity contribution in [1.29, 1.82) is 0 Å². The molecule has 0 radical (unpaired) electrons. The van der Waals surface area contributed by atoms with Gasteiger partial charge in [0.1, 0.15) is 0 Å². The van der Waals surface area contributed by atoms with Gasteiger partial charge in [-0.15, -0.1) is 0 Å². The normalized spacial score (nSPS) is 24.2. The number of hydrogen-bond acceptors (Lipinski definition) is 3. The van der Waals surface area contributed by atoms with Crippen LogP contribution >= 0.6 is 11.8 Å². The third-order valence-corrected chi connectivity index (χ3v) is 5.11. The van der Waals surface area contributed by atoms with E-state index in [1.54, 1.807) is 0 Å². The number of nitrogens with one attached hydrogen (secondary N) is 1. The number of thioether (sulfide) groups is 1. The molecule has 1 N–H and O–H groups in total. The number of benzene rings is 1. The molecule has 0 aromatic heterocycles. The minimum absolute atomic E-state index is 0.327. The van der Waals surface area contributed by atoms with Crippen molar-refractivity contribution in [3.8, 4) is 0 Å². The van der Waals surface area contributed by atoms with E-state index in [9.17, 15) is 0 Å². The van der Waals surface area contributed by atoms with Gasteiger partial charge in [0.2, 0.25) is 0 Å². The van der Waals surface area contributed by atoms with Crippen molar-refractivity contribution >= 4 is 11.8 Å². The van der Waals surface area contributed by atoms with E-state index in [4.69, 9.17) is 0 Å². The van der Waals surface area contributed by atoms with Crippen LogP contribution in [0.4, 0.5) is 0 Å². The molecule has 2 unspecified atom stereocenters. The molecule has 118 valence electrons. The molecule has 1 fully saturated rings. The molecular weight excluding hydrogens is 276 g/mol. The standard InChI is InChI=1S/C18H30N2S/c1-18(2,3)17-13-19-16(15-9-6-5-7-10-15)14-20(17)11-8-12-21-4/h5-7,9-10,16-17,19H,8,11-14H2,1-4H3. The molecule has 2 rings (SSSR count). The Bertz CT molecular complexity index is 413. The van der Waals surface area contributed by atoms with Gasteiger partial charge in [-0.25, -0.2) is 0 Å². The third kappa shape index (κ3) is 4.73. The van der Waals surface area contributed by atoms with Gasteiger partial charge in [-0.05, 0) is 36.0 Å². The van der Waals surface area contributed by atoms with Gasteiger partial charge in [-0.1, -0.05) is 51.1 Å². The van der Waals surface area contributed by atoms with Crippen LogP contribution in [0.3, 0.4) is 0 Å². The highest BCUT2D eigenvalue weighted by atomic mass is 32.2. The Hall–Kier alpha value is -0.510. The molecule has 1 heterocycles. The molecule has 0 bridgehead atoms. The second-order valence-corrected chi connectivity index (χ2v) is 8.08. The maximum Gasteiger partial charge on any atom is 0.0449 e. The molecule has 3 heteroatoms. The Kier molecular flexibility index (Phi) is 6.15. The average molecular weight is 307 g/mol. The maximum atomic E-state index is 3.77. The van der Waals surface area contributed by atoms with Gasteiger partial charge < -0.3 is 5.32 Å². The lowest BCUT2D eigenvalue weighted by molar-refractivity contribution is 0.0558. The SMILES string of the molecule is CSCCCN1CC(c2ccccc2)NCC1C(C)(C)C. The van der Waals surface area contributed by atoms with Crippen LogP contribution in [0, 0.1) is 5.41 Å². The minimum Gasteiger partial charge on any atom is -0.307 e. The summed E-state index contributed by atoms with van der Waals surface area (Å²) in [6.45, 7) is 10.5. The lowest BCUT2D eigenvalue weighted by Crippen LogP contribution is -2.57. The first-order chi connectivity index (χ1) is 10.0. The first-order valence-corrected chi connectivity index (χ1v) is 9.43. The van der Waals surface area contributed by atoms with Crippen LogP contribution in [0.15, 0.2) is 30.3 Å². The zero-order chi connectivity index (χ0) is 15.3. The van der Waals surface area contributed by atoms with Crippen LogP contribution in [-0.4, -0.2) is 42.6 Å². The minimum atomic E-state index is 0.327. The van der Waals surface area contributed by atoms with Gasteiger partial charge in [0.15, 0.2) is 0 Å². The molecule has 0 spiro atoms. The Balaban J connectivity index is 2.05. The molecule has 1 aromatic rings. The van der Waals surface area contributed by atoms with Crippen LogP contribution in [0.1, 0.15) is 38.8 Å². The number of nitrogens with zero attached hydrogens (tertiary/aromatic N) is 1. The summed E-state index contributed by atoms with van der Waals surface area (Å²) in [4.78, 5) is 2.71. The van der Waals surface area contributed by atoms with Crippen LogP contribution < -0.4 is 5.32 Å². The summed E-state index contributed by atoms with van der Waals surface area (Å²) in [5.41, 5.74) is 1.74. The predicted octanol–water partition coefficient (Wildman–Crippen LogP) is 3.80. The predicted molar refractivity (Wildman–Crippen MR) is 95.0 cm³/mol. The highest BCUT2D eigenvalue weighted by Crippen LogP contribution is 2.30. The summed E-state index contributed by atoms with van der Waals surface area (Å²) >= 11 is 1.95. The molecule has 1 aromatic carbocycles. The summed E-state index contributed by atoms with van der Waals surface area (Å²) in [5.74, 6) is 1.26. The van der Waals surface area contributed by atoms with Crippen molar-refractivity contribution < 1.29 is 0 Å². The number of rotatable bonds is 5. The molecule has 0 amide bonds. The second kappa shape index (κ2) is 7.66. The van der Waals surface area contributed by atoms with Gasteiger partial charge in [-0.3, -0.25) is 4.90 Å². The Morgan fingerprint density at radius 2 is 1.95 bits per heavy atom. The molecule has 21 heavy (non-hydrogen) atoms. The first-order valence-electron chi connectivity index (χ1n) is 8.03. The highest BCUT2D eigenvalue weighted by Gasteiger charge is 2.35. The summed E-state index contributed by atoms with van der Waals surface area (Å²) in [7, 11) is 0. The molecule has 1 aliphatic heterocycles. The molecule has 1 aliphatic rings. The van der Waals surface area contributed by atoms with Crippen LogP contribution in [0.25, 0.3) is 0 Å². The van der Waals surface area contributed by atoms with Gasteiger partial charge in [0.05, 0.1) is 0 Å². The summed E-state index contributed by atoms with van der Waals surface area (Å²) in [5, 5.41) is 3.77. The summed E-state index contributed by atoms with van der Waals surface area (Å²) < 4.78 is 0. The highest BCUT2D eigenvalue weighted by molar-refractivity contribution is 7.98. The topological polar surface area (TPSA) is 15.3 Å². The Morgan fingerprint density at radius 3 is 2.57 bits per heavy atom. The fourth-order valence-corrected chi connectivity index (χ4v) is 3.65. The van der Waals surface area contributed by atoms with Crippen LogP contribution in [-0.2, 0) is 0 Å². The van der Waals surface area contributed by atoms with Crippen molar-refractivity contribution in [2.45, 2.75) is 39.3 Å². The number of hydrogen-bond donors (Lipinski definition) is 1. The van der Waals surface area contributed by atoms with Crippen molar-refractivity contribution in [1.82, 2.24) is 10.2 Å². The van der Waals surface area contributed by atoms with Crippen LogP contribution in [0.5, 0.6) is 0 Å². The smallest absolute Gasteiger partial charge is 0.0449 e.